The van der Waals surface area contributed by atoms with Crippen LogP contribution < -0.4 is 10.6 Å². The van der Waals surface area contributed by atoms with Crippen LogP contribution in [-0.4, -0.2) is 18.5 Å². The predicted molar refractivity (Wildman–Crippen MR) is 72.5 cm³/mol. The highest BCUT2D eigenvalue weighted by Crippen LogP contribution is 2.20. The molecule has 0 fully saturated rings. The van der Waals surface area contributed by atoms with E-state index in [1.165, 1.54) is 0 Å². The standard InChI is InChI=1S/C14H24N2O2/c1-6-9(2)16-14(17)8-15-11(4)13-7-10(3)18-12(13)5/h7,9,11,15H,6,8H2,1-5H3,(H,16,17). The summed E-state index contributed by atoms with van der Waals surface area (Å²) in [4.78, 5) is 11.6. The lowest BCUT2D eigenvalue weighted by atomic mass is 10.1. The highest BCUT2D eigenvalue weighted by Gasteiger charge is 2.13. The van der Waals surface area contributed by atoms with Gasteiger partial charge >= 0.3 is 0 Å². The molecule has 18 heavy (non-hydrogen) atoms. The van der Waals surface area contributed by atoms with E-state index in [0.717, 1.165) is 23.5 Å². The summed E-state index contributed by atoms with van der Waals surface area (Å²) in [6, 6.07) is 2.36. The first-order valence-electron chi connectivity index (χ1n) is 6.53. The molecule has 0 aliphatic heterocycles. The van der Waals surface area contributed by atoms with Crippen LogP contribution >= 0.6 is 0 Å². The van der Waals surface area contributed by atoms with Crippen LogP contribution in [0.2, 0.25) is 0 Å². The van der Waals surface area contributed by atoms with Gasteiger partial charge in [0.2, 0.25) is 5.91 Å². The molecule has 2 N–H and O–H groups in total. The fraction of sp³-hybridized carbons (Fsp3) is 0.643. The van der Waals surface area contributed by atoms with E-state index in [1.807, 2.05) is 33.8 Å². The maximum atomic E-state index is 11.6. The highest BCUT2D eigenvalue weighted by atomic mass is 16.3. The molecule has 1 rings (SSSR count). The highest BCUT2D eigenvalue weighted by molar-refractivity contribution is 5.78. The van der Waals surface area contributed by atoms with Crippen molar-refractivity contribution in [2.75, 3.05) is 6.54 Å². The van der Waals surface area contributed by atoms with Crippen molar-refractivity contribution in [1.29, 1.82) is 0 Å². The van der Waals surface area contributed by atoms with Gasteiger partial charge in [-0.2, -0.15) is 0 Å². The average Bonchev–Trinajstić information content (AvgIpc) is 2.65. The molecule has 2 atom stereocenters. The topological polar surface area (TPSA) is 54.3 Å². The molecular formula is C14H24N2O2. The molecule has 0 spiro atoms. The lowest BCUT2D eigenvalue weighted by Crippen LogP contribution is -2.39. The van der Waals surface area contributed by atoms with Crippen molar-refractivity contribution in [3.8, 4) is 0 Å². The Morgan fingerprint density at radius 3 is 2.56 bits per heavy atom. The minimum Gasteiger partial charge on any atom is -0.466 e. The summed E-state index contributed by atoms with van der Waals surface area (Å²) in [7, 11) is 0. The molecule has 0 bridgehead atoms. The second-order valence-electron chi connectivity index (χ2n) is 4.85. The third-order valence-electron chi connectivity index (χ3n) is 3.13. The van der Waals surface area contributed by atoms with Crippen LogP contribution in [0.5, 0.6) is 0 Å². The summed E-state index contributed by atoms with van der Waals surface area (Å²) in [6.45, 7) is 10.3. The van der Waals surface area contributed by atoms with E-state index in [2.05, 4.69) is 17.6 Å². The summed E-state index contributed by atoms with van der Waals surface area (Å²) >= 11 is 0. The van der Waals surface area contributed by atoms with Crippen LogP contribution in [-0.2, 0) is 4.79 Å². The smallest absolute Gasteiger partial charge is 0.234 e. The molecule has 0 aliphatic rings. The molecule has 0 aromatic carbocycles. The van der Waals surface area contributed by atoms with Crippen molar-refractivity contribution in [3.05, 3.63) is 23.2 Å². The van der Waals surface area contributed by atoms with Gasteiger partial charge in [-0.3, -0.25) is 4.79 Å². The Balaban J connectivity index is 2.44. The van der Waals surface area contributed by atoms with Gasteiger partial charge in [-0.25, -0.2) is 0 Å². The van der Waals surface area contributed by atoms with Crippen molar-refractivity contribution in [2.24, 2.45) is 0 Å². The first kappa shape index (κ1) is 14.8. The minimum atomic E-state index is 0.0362. The molecule has 0 aliphatic carbocycles. The van der Waals surface area contributed by atoms with Crippen molar-refractivity contribution in [3.63, 3.8) is 0 Å². The minimum absolute atomic E-state index is 0.0362. The van der Waals surface area contributed by atoms with E-state index in [4.69, 9.17) is 4.42 Å². The van der Waals surface area contributed by atoms with E-state index in [9.17, 15) is 4.79 Å². The quantitative estimate of drug-likeness (QED) is 0.817. The normalized spacial score (nSPS) is 14.3. The van der Waals surface area contributed by atoms with Gasteiger partial charge in [0.15, 0.2) is 0 Å². The fourth-order valence-corrected chi connectivity index (χ4v) is 1.86. The first-order valence-corrected chi connectivity index (χ1v) is 6.53. The third kappa shape index (κ3) is 4.18. The predicted octanol–water partition coefficient (Wildman–Crippen LogP) is 2.46. The van der Waals surface area contributed by atoms with Gasteiger partial charge in [0, 0.05) is 17.6 Å². The molecule has 0 radical (unpaired) electrons. The summed E-state index contributed by atoms with van der Waals surface area (Å²) < 4.78 is 5.48. The van der Waals surface area contributed by atoms with E-state index in [0.29, 0.717) is 6.54 Å². The third-order valence-corrected chi connectivity index (χ3v) is 3.13. The number of furan rings is 1. The zero-order chi connectivity index (χ0) is 13.7. The molecule has 102 valence electrons. The number of aryl methyl sites for hydroxylation is 2. The first-order chi connectivity index (χ1) is 8.43. The van der Waals surface area contributed by atoms with Crippen LogP contribution in [0.25, 0.3) is 0 Å². The molecule has 0 saturated carbocycles. The summed E-state index contributed by atoms with van der Waals surface area (Å²) in [5, 5.41) is 6.14. The fourth-order valence-electron chi connectivity index (χ4n) is 1.86. The maximum Gasteiger partial charge on any atom is 0.234 e. The van der Waals surface area contributed by atoms with Gasteiger partial charge in [0.25, 0.3) is 0 Å². The second kappa shape index (κ2) is 6.59. The van der Waals surface area contributed by atoms with Gasteiger partial charge < -0.3 is 15.1 Å². The monoisotopic (exact) mass is 252 g/mol. The maximum absolute atomic E-state index is 11.6. The van der Waals surface area contributed by atoms with Gasteiger partial charge in [-0.1, -0.05) is 6.92 Å². The van der Waals surface area contributed by atoms with Crippen molar-refractivity contribution >= 4 is 5.91 Å². The number of rotatable bonds is 6. The number of carbonyl (C=O) groups excluding carboxylic acids is 1. The largest absolute Gasteiger partial charge is 0.466 e. The summed E-state index contributed by atoms with van der Waals surface area (Å²) in [5.41, 5.74) is 1.11. The second-order valence-corrected chi connectivity index (χ2v) is 4.85. The number of carbonyl (C=O) groups is 1. The van der Waals surface area contributed by atoms with E-state index in [-0.39, 0.29) is 18.0 Å². The number of hydrogen-bond donors (Lipinski definition) is 2. The number of nitrogens with one attached hydrogen (secondary N) is 2. The van der Waals surface area contributed by atoms with Crippen molar-refractivity contribution < 1.29 is 9.21 Å². The lowest BCUT2D eigenvalue weighted by molar-refractivity contribution is -0.121. The Kier molecular flexibility index (Phi) is 5.41. The van der Waals surface area contributed by atoms with Gasteiger partial charge in [-0.15, -0.1) is 0 Å². The molecule has 4 nitrogen and oxygen atoms in total. The van der Waals surface area contributed by atoms with Crippen molar-refractivity contribution in [2.45, 2.75) is 53.1 Å². The summed E-state index contributed by atoms with van der Waals surface area (Å²) in [5.74, 6) is 1.85. The summed E-state index contributed by atoms with van der Waals surface area (Å²) in [6.07, 6.45) is 0.946. The average molecular weight is 252 g/mol. The zero-order valence-corrected chi connectivity index (χ0v) is 12.0. The lowest BCUT2D eigenvalue weighted by Gasteiger charge is -2.15. The van der Waals surface area contributed by atoms with Crippen LogP contribution in [0.15, 0.2) is 10.5 Å². The van der Waals surface area contributed by atoms with Gasteiger partial charge in [-0.05, 0) is 40.2 Å². The van der Waals surface area contributed by atoms with Crippen LogP contribution in [0.4, 0.5) is 0 Å². The molecule has 0 saturated heterocycles. The Bertz CT molecular complexity index is 398. The Labute approximate surface area is 109 Å². The van der Waals surface area contributed by atoms with Gasteiger partial charge in [0.1, 0.15) is 11.5 Å². The van der Waals surface area contributed by atoms with Crippen LogP contribution in [0.3, 0.4) is 0 Å². The Hall–Kier alpha value is -1.29. The molecule has 2 unspecified atom stereocenters. The number of amides is 1. The number of hydrogen-bond acceptors (Lipinski definition) is 3. The Morgan fingerprint density at radius 2 is 2.06 bits per heavy atom. The zero-order valence-electron chi connectivity index (χ0n) is 12.0. The van der Waals surface area contributed by atoms with Crippen LogP contribution in [0.1, 0.15) is 50.3 Å². The van der Waals surface area contributed by atoms with Crippen LogP contribution in [0, 0.1) is 13.8 Å². The van der Waals surface area contributed by atoms with E-state index in [1.54, 1.807) is 0 Å². The molecule has 1 aromatic heterocycles. The molecule has 4 heteroatoms. The molecule has 1 heterocycles. The Morgan fingerprint density at radius 1 is 1.39 bits per heavy atom. The van der Waals surface area contributed by atoms with Crippen molar-refractivity contribution in [1.82, 2.24) is 10.6 Å². The SMILES string of the molecule is CCC(C)NC(=O)CNC(C)c1cc(C)oc1C. The van der Waals surface area contributed by atoms with Gasteiger partial charge in [0.05, 0.1) is 6.54 Å². The molecule has 1 aromatic rings. The molecular weight excluding hydrogens is 228 g/mol. The van der Waals surface area contributed by atoms with E-state index >= 15 is 0 Å². The molecule has 1 amide bonds. The van der Waals surface area contributed by atoms with E-state index < -0.39 is 0 Å².